The minimum atomic E-state index is -0.820. The second kappa shape index (κ2) is 45.7. The van der Waals surface area contributed by atoms with Gasteiger partial charge in [0.1, 0.15) is 19.2 Å². The van der Waals surface area contributed by atoms with Crippen molar-refractivity contribution < 1.29 is 38.3 Å². The predicted octanol–water partition coefficient (Wildman–Crippen LogP) is 10.7. The summed E-state index contributed by atoms with van der Waals surface area (Å²) in [5, 5.41) is 12.7. The Labute approximate surface area is 447 Å². The fraction of sp³-hybridized carbons (Fsp3) is 0.780. The lowest BCUT2D eigenvalue weighted by molar-refractivity contribution is -0.145. The van der Waals surface area contributed by atoms with Gasteiger partial charge in [-0.1, -0.05) is 237 Å². The first-order valence-corrected chi connectivity index (χ1v) is 29.7. The summed E-state index contributed by atoms with van der Waals surface area (Å²) in [5.74, 6) is -3.33. The number of amides is 7. The smallest absolute Gasteiger partial charge is 0.325 e. The van der Waals surface area contributed by atoms with Crippen LogP contribution in [0.25, 0.3) is 0 Å². The fourth-order valence-corrected chi connectivity index (χ4v) is 9.51. The molecule has 15 nitrogen and oxygen atoms in total. The van der Waals surface area contributed by atoms with Gasteiger partial charge in [0.15, 0.2) is 0 Å². The molecule has 1 saturated heterocycles. The second-order valence-corrected chi connectivity index (χ2v) is 20.7. The van der Waals surface area contributed by atoms with E-state index in [0.29, 0.717) is 32.5 Å². The highest BCUT2D eigenvalue weighted by Crippen LogP contribution is 2.18. The maximum Gasteiger partial charge on any atom is 0.325 e. The summed E-state index contributed by atoms with van der Waals surface area (Å²) in [6, 6.07) is 8.02. The number of carbonyl (C=O) groups is 7. The summed E-state index contributed by atoms with van der Waals surface area (Å²) >= 11 is 0. The molecule has 422 valence electrons. The van der Waals surface area contributed by atoms with E-state index >= 15 is 0 Å². The van der Waals surface area contributed by atoms with Gasteiger partial charge in [0, 0.05) is 19.6 Å². The van der Waals surface area contributed by atoms with Crippen LogP contribution in [0.15, 0.2) is 30.3 Å². The van der Waals surface area contributed by atoms with Crippen LogP contribution in [0.5, 0.6) is 0 Å². The average molecular weight is 1040 g/mol. The molecule has 2 rings (SSSR count). The molecule has 0 unspecified atom stereocenters. The first-order valence-electron chi connectivity index (χ1n) is 29.7. The highest BCUT2D eigenvalue weighted by molar-refractivity contribution is 5.93. The predicted molar refractivity (Wildman–Crippen MR) is 297 cm³/mol. The molecule has 0 aromatic heterocycles. The zero-order valence-electron chi connectivity index (χ0n) is 46.5. The summed E-state index contributed by atoms with van der Waals surface area (Å²) in [7, 11) is 0. The highest BCUT2D eigenvalue weighted by atomic mass is 16.5. The van der Waals surface area contributed by atoms with Crippen molar-refractivity contribution in [2.24, 2.45) is 0 Å². The van der Waals surface area contributed by atoms with E-state index in [4.69, 9.17) is 4.74 Å². The van der Waals surface area contributed by atoms with Crippen LogP contribution in [0, 0.1) is 0 Å². The molecule has 0 bridgehead atoms. The number of nitrogens with zero attached hydrogens (tertiary/aromatic N) is 2. The number of likely N-dealkylation sites (tertiary alicyclic amines) is 1. The molecule has 74 heavy (non-hydrogen) atoms. The average Bonchev–Trinajstić information content (AvgIpc) is 3.91. The molecule has 1 fully saturated rings. The van der Waals surface area contributed by atoms with Gasteiger partial charge in [-0.25, -0.2) is 4.79 Å². The first kappa shape index (κ1) is 65.4. The third-order valence-corrected chi connectivity index (χ3v) is 14.1. The van der Waals surface area contributed by atoms with Crippen LogP contribution in [0.3, 0.4) is 0 Å². The molecule has 0 saturated carbocycles. The van der Waals surface area contributed by atoms with Crippen molar-refractivity contribution in [1.82, 2.24) is 36.4 Å². The van der Waals surface area contributed by atoms with Gasteiger partial charge in [-0.05, 0) is 31.2 Å². The monoisotopic (exact) mass is 1040 g/mol. The van der Waals surface area contributed by atoms with E-state index in [9.17, 15) is 33.6 Å². The van der Waals surface area contributed by atoms with Crippen molar-refractivity contribution in [3.8, 4) is 0 Å². The number of benzene rings is 1. The Morgan fingerprint density at radius 2 is 0.851 bits per heavy atom. The van der Waals surface area contributed by atoms with Gasteiger partial charge in [-0.3, -0.25) is 28.8 Å². The van der Waals surface area contributed by atoms with E-state index in [-0.39, 0.29) is 32.3 Å². The van der Waals surface area contributed by atoms with E-state index in [2.05, 4.69) is 40.4 Å². The van der Waals surface area contributed by atoms with Gasteiger partial charge in [0.25, 0.3) is 0 Å². The van der Waals surface area contributed by atoms with Gasteiger partial charge < -0.3 is 41.1 Å². The molecule has 5 N–H and O–H groups in total. The maximum absolute atomic E-state index is 13.4. The quantitative estimate of drug-likeness (QED) is 0.0314. The van der Waals surface area contributed by atoms with Crippen molar-refractivity contribution in [1.29, 1.82) is 0 Å². The number of rotatable bonds is 47. The Hall–Kier alpha value is -4.69. The lowest BCUT2D eigenvalue weighted by atomic mass is 10.0. The number of nitrogens with one attached hydrogen (secondary N) is 5. The first-order chi connectivity index (χ1) is 36.1. The molecular weight excluding hydrogens is 935 g/mol. The topological polar surface area (TPSA) is 195 Å². The molecular formula is C59H103N7O8. The molecule has 7 amide bonds. The molecule has 15 heteroatoms. The Morgan fingerprint density at radius 3 is 1.30 bits per heavy atom. The largest absolute Gasteiger partial charge is 0.460 e. The molecule has 0 aliphatic carbocycles. The number of urea groups is 1. The number of ether oxygens (including phenoxy) is 1. The van der Waals surface area contributed by atoms with Crippen LogP contribution >= 0.6 is 0 Å². The molecule has 0 spiro atoms. The molecule has 1 aromatic carbocycles. The lowest BCUT2D eigenvalue weighted by Gasteiger charge is -2.24. The Bertz CT molecular complexity index is 1610. The summed E-state index contributed by atoms with van der Waals surface area (Å²) < 4.78 is 5.12. The Balaban J connectivity index is 1.68. The molecule has 1 aliphatic heterocycles. The van der Waals surface area contributed by atoms with E-state index in [1.165, 1.54) is 172 Å². The van der Waals surface area contributed by atoms with Gasteiger partial charge in [0.2, 0.25) is 29.5 Å². The van der Waals surface area contributed by atoms with Crippen molar-refractivity contribution in [2.45, 2.75) is 245 Å². The fourth-order valence-electron chi connectivity index (χ4n) is 9.51. The normalized spacial score (nSPS) is 13.1. The van der Waals surface area contributed by atoms with Crippen molar-refractivity contribution in [3.05, 3.63) is 35.9 Å². The molecule has 1 aliphatic rings. The van der Waals surface area contributed by atoms with E-state index in [0.717, 1.165) is 44.1 Å². The second-order valence-electron chi connectivity index (χ2n) is 20.7. The van der Waals surface area contributed by atoms with Crippen molar-refractivity contribution in [2.75, 3.05) is 52.4 Å². The number of hydrogen-bond donors (Lipinski definition) is 5. The van der Waals surface area contributed by atoms with Gasteiger partial charge in [0.05, 0.1) is 26.2 Å². The number of hydrogen-bond acceptors (Lipinski definition) is 8. The van der Waals surface area contributed by atoms with E-state index in [1.807, 2.05) is 35.2 Å². The van der Waals surface area contributed by atoms with Crippen LogP contribution in [-0.4, -0.2) is 110 Å². The third kappa shape index (κ3) is 35.5. The number of esters is 1. The Kier molecular flexibility index (Phi) is 40.4. The molecule has 1 atom stereocenters. The lowest BCUT2D eigenvalue weighted by Crippen LogP contribution is -2.51. The van der Waals surface area contributed by atoms with Gasteiger partial charge >= 0.3 is 12.0 Å². The van der Waals surface area contributed by atoms with Crippen molar-refractivity contribution in [3.63, 3.8) is 0 Å². The summed E-state index contributed by atoms with van der Waals surface area (Å²) in [6.07, 6.45) is 42.2. The minimum absolute atomic E-state index is 0.0720. The zero-order valence-corrected chi connectivity index (χ0v) is 46.5. The SMILES string of the molecule is CCCCCCCCCCCCCCCCCCN(CCCCCCCCCCCCCCCCCC)C(=O)NCC(=O)NCC(=O)N1CCC[C@H]1C(=O)NCC(=O)NCC(=O)NCC(=O)OCc1ccccc1. The molecule has 0 radical (unpaired) electrons. The maximum atomic E-state index is 13.4. The molecule has 1 aromatic rings. The third-order valence-electron chi connectivity index (χ3n) is 14.1. The minimum Gasteiger partial charge on any atom is -0.460 e. The number of carbonyl (C=O) groups excluding carboxylic acids is 7. The van der Waals surface area contributed by atoms with Gasteiger partial charge in [-0.15, -0.1) is 0 Å². The van der Waals surface area contributed by atoms with Crippen LogP contribution in [0.4, 0.5) is 4.79 Å². The van der Waals surface area contributed by atoms with Crippen molar-refractivity contribution >= 4 is 41.5 Å². The highest BCUT2D eigenvalue weighted by Gasteiger charge is 2.34. The van der Waals surface area contributed by atoms with E-state index in [1.54, 1.807) is 0 Å². The standard InChI is InChI=1S/C59H103N7O8/c1-3-5-7-9-11-13-15-17-19-21-23-25-27-29-31-36-42-65(43-37-32-30-28-26-24-22-20-18-16-14-12-10-8-6-4-2)59(73)64-47-55(69)61-48-56(70)66-44-38-41-52(66)58(72)63-46-54(68)60-45-53(67)62-49-57(71)74-50-51-39-34-33-35-40-51/h33-35,39-40,52H,3-32,36-38,41-50H2,1-2H3,(H,60,68)(H,61,69)(H,62,67)(H,63,72)(H,64,73)/t52-/m0/s1. The summed E-state index contributed by atoms with van der Waals surface area (Å²) in [4.78, 5) is 92.3. The van der Waals surface area contributed by atoms with Crippen LogP contribution in [0.2, 0.25) is 0 Å². The van der Waals surface area contributed by atoms with E-state index < -0.39 is 54.6 Å². The summed E-state index contributed by atoms with van der Waals surface area (Å²) in [5.41, 5.74) is 0.808. The number of unbranched alkanes of at least 4 members (excludes halogenated alkanes) is 30. The Morgan fingerprint density at radius 1 is 0.473 bits per heavy atom. The summed E-state index contributed by atoms with van der Waals surface area (Å²) in [6.45, 7) is 4.42. The molecule has 1 heterocycles. The van der Waals surface area contributed by atoms with Crippen LogP contribution in [0.1, 0.15) is 238 Å². The van der Waals surface area contributed by atoms with Gasteiger partial charge in [-0.2, -0.15) is 0 Å². The van der Waals surface area contributed by atoms with Crippen LogP contribution in [-0.2, 0) is 40.1 Å². The zero-order chi connectivity index (χ0) is 53.5. The van der Waals surface area contributed by atoms with Crippen LogP contribution < -0.4 is 26.6 Å².